The molecule has 132 valence electrons. The molecule has 0 aliphatic heterocycles. The number of carbonyl (C=O) groups is 1. The van der Waals surface area contributed by atoms with Crippen LogP contribution in [0.1, 0.15) is 57.8 Å². The first-order valence-electron chi connectivity index (χ1n) is 8.89. The summed E-state index contributed by atoms with van der Waals surface area (Å²) in [5.41, 5.74) is 2.86. The van der Waals surface area contributed by atoms with Gasteiger partial charge in [0.25, 0.3) is 0 Å². The summed E-state index contributed by atoms with van der Waals surface area (Å²) in [7, 11) is 1.88. The highest BCUT2D eigenvalue weighted by molar-refractivity contribution is 5.93. The second-order valence-electron chi connectivity index (χ2n) is 5.33. The van der Waals surface area contributed by atoms with Crippen LogP contribution in [0.25, 0.3) is 0 Å². The van der Waals surface area contributed by atoms with Crippen LogP contribution >= 0.6 is 0 Å². The molecule has 1 heterocycles. The maximum atomic E-state index is 12.3. The first kappa shape index (κ1) is 19.9. The Morgan fingerprint density at radius 3 is 2.21 bits per heavy atom. The largest absolute Gasteiger partial charge is 0.326 e. The van der Waals surface area contributed by atoms with Gasteiger partial charge in [-0.2, -0.15) is 0 Å². The topological polar surface area (TPSA) is 59.8 Å². The SMILES string of the molecule is CC.CC.Cc1c([C@H]2CC[C@@H]2C(=O)Nc2ccccc2)nnn1C. The third-order valence-corrected chi connectivity index (χ3v) is 4.15. The van der Waals surface area contributed by atoms with Gasteiger partial charge >= 0.3 is 0 Å². The molecule has 5 heteroatoms. The lowest BCUT2D eigenvalue weighted by Gasteiger charge is -2.34. The highest BCUT2D eigenvalue weighted by atomic mass is 16.1. The second kappa shape index (κ2) is 9.85. The van der Waals surface area contributed by atoms with Crippen molar-refractivity contribution < 1.29 is 4.79 Å². The normalized spacial score (nSPS) is 18.2. The van der Waals surface area contributed by atoms with E-state index in [4.69, 9.17) is 0 Å². The first-order chi connectivity index (χ1) is 11.7. The minimum atomic E-state index is 0.00519. The number of carbonyl (C=O) groups excluding carboxylic acids is 1. The van der Waals surface area contributed by atoms with Gasteiger partial charge in [0.1, 0.15) is 0 Å². The highest BCUT2D eigenvalue weighted by Crippen LogP contribution is 2.43. The van der Waals surface area contributed by atoms with Crippen molar-refractivity contribution in [1.29, 1.82) is 0 Å². The number of para-hydroxylation sites is 1. The van der Waals surface area contributed by atoms with Crippen molar-refractivity contribution in [1.82, 2.24) is 15.0 Å². The quantitative estimate of drug-likeness (QED) is 0.912. The Kier molecular flexibility index (Phi) is 8.16. The number of benzene rings is 1. The van der Waals surface area contributed by atoms with Gasteiger partial charge in [-0.3, -0.25) is 9.48 Å². The molecule has 2 atom stereocenters. The molecule has 24 heavy (non-hydrogen) atoms. The number of hydrogen-bond acceptors (Lipinski definition) is 3. The molecule has 1 amide bonds. The fraction of sp³-hybridized carbons (Fsp3) is 0.526. The summed E-state index contributed by atoms with van der Waals surface area (Å²) in [4.78, 5) is 12.3. The van der Waals surface area contributed by atoms with Gasteiger partial charge in [-0.15, -0.1) is 5.10 Å². The maximum Gasteiger partial charge on any atom is 0.228 e. The third-order valence-electron chi connectivity index (χ3n) is 4.15. The van der Waals surface area contributed by atoms with Crippen molar-refractivity contribution in [2.75, 3.05) is 5.32 Å². The van der Waals surface area contributed by atoms with Crippen LogP contribution in [0, 0.1) is 12.8 Å². The van der Waals surface area contributed by atoms with E-state index < -0.39 is 0 Å². The summed E-state index contributed by atoms with van der Waals surface area (Å²) < 4.78 is 1.76. The lowest BCUT2D eigenvalue weighted by Crippen LogP contribution is -2.35. The fourth-order valence-electron chi connectivity index (χ4n) is 2.66. The molecular formula is C19H30N4O. The summed E-state index contributed by atoms with van der Waals surface area (Å²) in [5, 5.41) is 11.2. The fourth-order valence-corrected chi connectivity index (χ4v) is 2.66. The zero-order valence-electron chi connectivity index (χ0n) is 15.7. The van der Waals surface area contributed by atoms with Gasteiger partial charge < -0.3 is 5.32 Å². The van der Waals surface area contributed by atoms with E-state index in [0.717, 1.165) is 29.9 Å². The molecule has 1 aliphatic rings. The van der Waals surface area contributed by atoms with Crippen LogP contribution in [0.5, 0.6) is 0 Å². The predicted molar refractivity (Wildman–Crippen MR) is 99.0 cm³/mol. The van der Waals surface area contributed by atoms with Gasteiger partial charge in [0, 0.05) is 24.6 Å². The van der Waals surface area contributed by atoms with E-state index in [0.29, 0.717) is 0 Å². The van der Waals surface area contributed by atoms with Crippen molar-refractivity contribution in [2.24, 2.45) is 13.0 Å². The molecule has 1 fully saturated rings. The van der Waals surface area contributed by atoms with Gasteiger partial charge in [0.15, 0.2) is 0 Å². The number of rotatable bonds is 3. The third kappa shape index (κ3) is 4.43. The van der Waals surface area contributed by atoms with E-state index in [9.17, 15) is 4.79 Å². The minimum Gasteiger partial charge on any atom is -0.326 e. The molecule has 1 aliphatic carbocycles. The summed E-state index contributed by atoms with van der Waals surface area (Å²) in [6, 6.07) is 9.57. The molecule has 1 saturated carbocycles. The molecule has 0 radical (unpaired) electrons. The van der Waals surface area contributed by atoms with E-state index in [1.54, 1.807) is 4.68 Å². The monoisotopic (exact) mass is 330 g/mol. The van der Waals surface area contributed by atoms with Gasteiger partial charge in [0.05, 0.1) is 11.4 Å². The van der Waals surface area contributed by atoms with Crippen LogP contribution in [0.15, 0.2) is 30.3 Å². The van der Waals surface area contributed by atoms with Crippen molar-refractivity contribution >= 4 is 11.6 Å². The Labute approximate surface area is 145 Å². The lowest BCUT2D eigenvalue weighted by molar-refractivity contribution is -0.123. The number of hydrogen-bond donors (Lipinski definition) is 1. The molecule has 0 saturated heterocycles. The van der Waals surface area contributed by atoms with Crippen LogP contribution in [-0.2, 0) is 11.8 Å². The Bertz CT molecular complexity index is 622. The van der Waals surface area contributed by atoms with Crippen LogP contribution in [0.3, 0.4) is 0 Å². The van der Waals surface area contributed by atoms with Crippen LogP contribution < -0.4 is 5.32 Å². The van der Waals surface area contributed by atoms with E-state index in [1.807, 2.05) is 72.0 Å². The van der Waals surface area contributed by atoms with Crippen molar-refractivity contribution in [3.05, 3.63) is 41.7 Å². The van der Waals surface area contributed by atoms with Crippen LogP contribution in [-0.4, -0.2) is 20.9 Å². The smallest absolute Gasteiger partial charge is 0.228 e. The summed E-state index contributed by atoms with van der Waals surface area (Å²) in [6.45, 7) is 10.00. The average Bonchev–Trinajstić information content (AvgIpc) is 2.91. The summed E-state index contributed by atoms with van der Waals surface area (Å²) >= 11 is 0. The van der Waals surface area contributed by atoms with Gasteiger partial charge in [-0.1, -0.05) is 51.1 Å². The Hall–Kier alpha value is -2.17. The Morgan fingerprint density at radius 2 is 1.75 bits per heavy atom. The van der Waals surface area contributed by atoms with Crippen LogP contribution in [0.4, 0.5) is 5.69 Å². The Balaban J connectivity index is 0.000000671. The summed E-state index contributed by atoms with van der Waals surface area (Å²) in [6.07, 6.45) is 1.92. The molecule has 5 nitrogen and oxygen atoms in total. The minimum absolute atomic E-state index is 0.00519. The molecule has 0 unspecified atom stereocenters. The standard InChI is InChI=1S/C15H18N4O.2C2H6/c1-10-14(17-18-19(10)2)12-8-9-13(12)15(20)16-11-6-4-3-5-7-11;2*1-2/h3-7,12-13H,8-9H2,1-2H3,(H,16,20);2*1-2H3/t12-,13-;;/m0../s1. The second-order valence-corrected chi connectivity index (χ2v) is 5.33. The van der Waals surface area contributed by atoms with Gasteiger partial charge in [-0.25, -0.2) is 0 Å². The number of aromatic nitrogens is 3. The first-order valence-corrected chi connectivity index (χ1v) is 8.89. The number of aryl methyl sites for hydroxylation is 1. The number of nitrogens with one attached hydrogen (secondary N) is 1. The van der Waals surface area contributed by atoms with E-state index in [-0.39, 0.29) is 17.7 Å². The average molecular weight is 330 g/mol. The molecule has 1 N–H and O–H groups in total. The van der Waals surface area contributed by atoms with Crippen molar-refractivity contribution in [2.45, 2.75) is 53.4 Å². The van der Waals surface area contributed by atoms with Crippen molar-refractivity contribution in [3.63, 3.8) is 0 Å². The van der Waals surface area contributed by atoms with Crippen LogP contribution in [0.2, 0.25) is 0 Å². The molecule has 1 aromatic carbocycles. The molecule has 1 aromatic heterocycles. The molecule has 2 aromatic rings. The highest BCUT2D eigenvalue weighted by Gasteiger charge is 2.40. The molecule has 0 bridgehead atoms. The number of nitrogens with zero attached hydrogens (tertiary/aromatic N) is 3. The molecule has 0 spiro atoms. The van der Waals surface area contributed by atoms with Gasteiger partial charge in [0.2, 0.25) is 5.91 Å². The zero-order chi connectivity index (χ0) is 18.1. The number of anilines is 1. The van der Waals surface area contributed by atoms with E-state index >= 15 is 0 Å². The predicted octanol–water partition coefficient (Wildman–Crippen LogP) is 4.31. The van der Waals surface area contributed by atoms with Crippen molar-refractivity contribution in [3.8, 4) is 0 Å². The van der Waals surface area contributed by atoms with E-state index in [2.05, 4.69) is 15.6 Å². The molecular weight excluding hydrogens is 300 g/mol. The maximum absolute atomic E-state index is 12.3. The molecule has 3 rings (SSSR count). The Morgan fingerprint density at radius 1 is 1.12 bits per heavy atom. The number of amides is 1. The zero-order valence-corrected chi connectivity index (χ0v) is 15.7. The lowest BCUT2D eigenvalue weighted by atomic mass is 9.71. The van der Waals surface area contributed by atoms with Gasteiger partial charge in [-0.05, 0) is 31.9 Å². The van der Waals surface area contributed by atoms with E-state index in [1.165, 1.54) is 0 Å². The summed E-state index contributed by atoms with van der Waals surface area (Å²) in [5.74, 6) is 0.288.